The van der Waals surface area contributed by atoms with E-state index in [1.54, 1.807) is 18.2 Å². The molecule has 5 nitrogen and oxygen atoms in total. The summed E-state index contributed by atoms with van der Waals surface area (Å²) in [4.78, 5) is 14.3. The molecule has 1 amide bonds. The summed E-state index contributed by atoms with van der Waals surface area (Å²) in [6.45, 7) is 4.30. The minimum absolute atomic E-state index is 0. The van der Waals surface area contributed by atoms with Crippen LogP contribution < -0.4 is 5.32 Å². The number of hydrogen-bond acceptors (Lipinski definition) is 4. The molecule has 1 aromatic heterocycles. The number of piperazine rings is 1. The first-order valence-electron chi connectivity index (χ1n) is 6.89. The molecule has 2 heterocycles. The highest BCUT2D eigenvalue weighted by atomic mass is 35.5. The van der Waals surface area contributed by atoms with Gasteiger partial charge in [0.2, 0.25) is 0 Å². The second-order valence-corrected chi connectivity index (χ2v) is 5.57. The van der Waals surface area contributed by atoms with Crippen LogP contribution in [0.15, 0.2) is 34.9 Å². The molecular formula is C15H17Cl2N3O2. The zero-order valence-corrected chi connectivity index (χ0v) is 13.7. The predicted octanol–water partition coefficient (Wildman–Crippen LogP) is 2.85. The molecule has 0 unspecified atom stereocenters. The summed E-state index contributed by atoms with van der Waals surface area (Å²) in [5.41, 5.74) is 1.19. The average molecular weight is 342 g/mol. The zero-order chi connectivity index (χ0) is 14.8. The van der Waals surface area contributed by atoms with E-state index in [1.165, 1.54) is 0 Å². The fourth-order valence-corrected chi connectivity index (χ4v) is 2.54. The number of aromatic nitrogens is 1. The van der Waals surface area contributed by atoms with E-state index in [2.05, 4.69) is 10.5 Å². The van der Waals surface area contributed by atoms with Crippen LogP contribution in [0.2, 0.25) is 5.02 Å². The van der Waals surface area contributed by atoms with Gasteiger partial charge in [-0.25, -0.2) is 0 Å². The quantitative estimate of drug-likeness (QED) is 0.912. The average Bonchev–Trinajstić information content (AvgIpc) is 2.98. The Morgan fingerprint density at radius 3 is 2.82 bits per heavy atom. The maximum absolute atomic E-state index is 12.5. The fourth-order valence-electron chi connectivity index (χ4n) is 2.42. The molecule has 1 aliphatic rings. The molecule has 3 rings (SSSR count). The lowest BCUT2D eigenvalue weighted by Gasteiger charge is -2.33. The molecular weight excluding hydrogens is 325 g/mol. The third kappa shape index (κ3) is 3.43. The van der Waals surface area contributed by atoms with Gasteiger partial charge in [0, 0.05) is 42.3 Å². The lowest BCUT2D eigenvalue weighted by atomic mass is 10.1. The van der Waals surface area contributed by atoms with Crippen molar-refractivity contribution >= 4 is 29.9 Å². The van der Waals surface area contributed by atoms with E-state index in [4.69, 9.17) is 16.1 Å². The van der Waals surface area contributed by atoms with Gasteiger partial charge in [0.1, 0.15) is 0 Å². The number of halogens is 2. The smallest absolute Gasteiger partial charge is 0.276 e. The summed E-state index contributed by atoms with van der Waals surface area (Å²) in [5, 5.41) is 7.82. The Labute approximate surface area is 140 Å². The van der Waals surface area contributed by atoms with Gasteiger partial charge in [-0.3, -0.25) is 4.79 Å². The Hall–Kier alpha value is -1.56. The van der Waals surface area contributed by atoms with Gasteiger partial charge in [-0.05, 0) is 31.2 Å². The molecule has 2 aromatic rings. The number of carbonyl (C=O) groups excluding carboxylic acids is 1. The van der Waals surface area contributed by atoms with E-state index in [9.17, 15) is 4.79 Å². The fraction of sp³-hybridized carbons (Fsp3) is 0.333. The van der Waals surface area contributed by atoms with Crippen molar-refractivity contribution in [3.63, 3.8) is 0 Å². The van der Waals surface area contributed by atoms with E-state index in [0.29, 0.717) is 23.0 Å². The molecule has 1 saturated heterocycles. The lowest BCUT2D eigenvalue weighted by molar-refractivity contribution is 0.0645. The standard InChI is InChI=1S/C15H16ClN3O2.ClH/c1-10-9-17-6-7-19(10)15(20)13-8-14(21-18-13)11-2-4-12(16)5-3-11;/h2-5,8,10,17H,6-7,9H2,1H3;1H/t10-;/m1./s1. The van der Waals surface area contributed by atoms with Crippen molar-refractivity contribution in [1.82, 2.24) is 15.4 Å². The van der Waals surface area contributed by atoms with E-state index >= 15 is 0 Å². The van der Waals surface area contributed by atoms with E-state index < -0.39 is 0 Å². The molecule has 1 atom stereocenters. The van der Waals surface area contributed by atoms with Crippen LogP contribution in [0.25, 0.3) is 11.3 Å². The molecule has 1 fully saturated rings. The number of carbonyl (C=O) groups is 1. The van der Waals surface area contributed by atoms with Crippen molar-refractivity contribution in [1.29, 1.82) is 0 Å². The largest absolute Gasteiger partial charge is 0.355 e. The first kappa shape index (κ1) is 16.8. The van der Waals surface area contributed by atoms with Gasteiger partial charge in [0.05, 0.1) is 0 Å². The van der Waals surface area contributed by atoms with Gasteiger partial charge in [-0.15, -0.1) is 12.4 Å². The summed E-state index contributed by atoms with van der Waals surface area (Å²) >= 11 is 5.86. The maximum Gasteiger partial charge on any atom is 0.276 e. The molecule has 118 valence electrons. The van der Waals surface area contributed by atoms with Crippen LogP contribution in [-0.4, -0.2) is 41.6 Å². The number of nitrogens with one attached hydrogen (secondary N) is 1. The van der Waals surface area contributed by atoms with Crippen LogP contribution in [0.5, 0.6) is 0 Å². The topological polar surface area (TPSA) is 58.4 Å². The van der Waals surface area contributed by atoms with Crippen molar-refractivity contribution in [3.8, 4) is 11.3 Å². The SMILES string of the molecule is C[C@@H]1CNCCN1C(=O)c1cc(-c2ccc(Cl)cc2)on1.Cl. The van der Waals surface area contributed by atoms with Crippen LogP contribution >= 0.6 is 24.0 Å². The maximum atomic E-state index is 12.5. The van der Waals surface area contributed by atoms with Gasteiger partial charge < -0.3 is 14.7 Å². The Morgan fingerprint density at radius 1 is 1.41 bits per heavy atom. The van der Waals surface area contributed by atoms with Crippen molar-refractivity contribution in [2.75, 3.05) is 19.6 Å². The number of benzene rings is 1. The minimum atomic E-state index is -0.0898. The van der Waals surface area contributed by atoms with Crippen LogP contribution in [0.4, 0.5) is 0 Å². The summed E-state index contributed by atoms with van der Waals surface area (Å²) < 4.78 is 5.28. The van der Waals surface area contributed by atoms with Gasteiger partial charge in [0.25, 0.3) is 5.91 Å². The summed E-state index contributed by atoms with van der Waals surface area (Å²) in [6, 6.07) is 9.07. The number of amides is 1. The molecule has 7 heteroatoms. The van der Waals surface area contributed by atoms with Crippen molar-refractivity contribution < 1.29 is 9.32 Å². The Balaban J connectivity index is 0.00000176. The highest BCUT2D eigenvalue weighted by molar-refractivity contribution is 6.30. The van der Waals surface area contributed by atoms with E-state index in [0.717, 1.165) is 18.7 Å². The molecule has 0 saturated carbocycles. The van der Waals surface area contributed by atoms with Gasteiger partial charge in [0.15, 0.2) is 11.5 Å². The number of hydrogen-bond donors (Lipinski definition) is 1. The first-order valence-corrected chi connectivity index (χ1v) is 7.27. The van der Waals surface area contributed by atoms with Crippen molar-refractivity contribution in [3.05, 3.63) is 41.0 Å². The van der Waals surface area contributed by atoms with Gasteiger partial charge in [-0.2, -0.15) is 0 Å². The Morgan fingerprint density at radius 2 is 2.14 bits per heavy atom. The molecule has 1 aliphatic heterocycles. The molecule has 22 heavy (non-hydrogen) atoms. The normalized spacial score (nSPS) is 17.9. The highest BCUT2D eigenvalue weighted by Crippen LogP contribution is 2.23. The summed E-state index contributed by atoms with van der Waals surface area (Å²) in [5.74, 6) is 0.478. The Bertz CT molecular complexity index is 642. The minimum Gasteiger partial charge on any atom is -0.355 e. The molecule has 0 spiro atoms. The van der Waals surface area contributed by atoms with E-state index in [-0.39, 0.29) is 24.4 Å². The van der Waals surface area contributed by atoms with Gasteiger partial charge >= 0.3 is 0 Å². The summed E-state index contributed by atoms with van der Waals surface area (Å²) in [7, 11) is 0. The first-order chi connectivity index (χ1) is 10.1. The van der Waals surface area contributed by atoms with Crippen molar-refractivity contribution in [2.24, 2.45) is 0 Å². The highest BCUT2D eigenvalue weighted by Gasteiger charge is 2.26. The van der Waals surface area contributed by atoms with Crippen LogP contribution in [0.1, 0.15) is 17.4 Å². The lowest BCUT2D eigenvalue weighted by Crippen LogP contribution is -2.52. The Kier molecular flexibility index (Phi) is 5.45. The molecule has 0 radical (unpaired) electrons. The summed E-state index contributed by atoms with van der Waals surface area (Å²) in [6.07, 6.45) is 0. The van der Waals surface area contributed by atoms with Gasteiger partial charge in [-0.1, -0.05) is 16.8 Å². The zero-order valence-electron chi connectivity index (χ0n) is 12.1. The second kappa shape index (κ2) is 7.13. The van der Waals surface area contributed by atoms with Crippen LogP contribution in [0, 0.1) is 0 Å². The second-order valence-electron chi connectivity index (χ2n) is 5.13. The number of rotatable bonds is 2. The third-order valence-corrected chi connectivity index (χ3v) is 3.87. The third-order valence-electron chi connectivity index (χ3n) is 3.62. The predicted molar refractivity (Wildman–Crippen MR) is 87.6 cm³/mol. The molecule has 0 bridgehead atoms. The molecule has 1 aromatic carbocycles. The van der Waals surface area contributed by atoms with Crippen LogP contribution in [0.3, 0.4) is 0 Å². The monoisotopic (exact) mass is 341 g/mol. The van der Waals surface area contributed by atoms with Crippen LogP contribution in [-0.2, 0) is 0 Å². The molecule has 1 N–H and O–H groups in total. The van der Waals surface area contributed by atoms with Crippen molar-refractivity contribution in [2.45, 2.75) is 13.0 Å². The number of nitrogens with zero attached hydrogens (tertiary/aromatic N) is 2. The molecule has 0 aliphatic carbocycles. The van der Waals surface area contributed by atoms with E-state index in [1.807, 2.05) is 24.0 Å².